The third-order valence-electron chi connectivity index (χ3n) is 9.13. The lowest BCUT2D eigenvalue weighted by Gasteiger charge is -2.22. The van der Waals surface area contributed by atoms with Gasteiger partial charge in [-0.15, -0.1) is 0 Å². The van der Waals surface area contributed by atoms with Gasteiger partial charge in [0.2, 0.25) is 0 Å². The molecule has 7 aromatic carbocycles. The second kappa shape index (κ2) is 9.58. The number of allylic oxidation sites excluding steroid dienone is 4. The molecule has 0 spiro atoms. The van der Waals surface area contributed by atoms with Gasteiger partial charge >= 0.3 is 0 Å². The van der Waals surface area contributed by atoms with Gasteiger partial charge in [-0.25, -0.2) is 0 Å². The molecule has 9 rings (SSSR count). The topological polar surface area (TPSA) is 13.1 Å². The number of rotatable bonds is 3. The van der Waals surface area contributed by atoms with Crippen molar-refractivity contribution in [1.29, 1.82) is 0 Å². The molecule has 0 aliphatic heterocycles. The first kappa shape index (κ1) is 24.2. The maximum absolute atomic E-state index is 6.18. The second-order valence-corrected chi connectivity index (χ2v) is 11.5. The molecule has 1 aliphatic rings. The van der Waals surface area contributed by atoms with Crippen molar-refractivity contribution in [3.8, 4) is 11.1 Å². The Kier molecular flexibility index (Phi) is 5.39. The fraction of sp³-hybridized carbons (Fsp3) is 0.0476. The highest BCUT2D eigenvalue weighted by Gasteiger charge is 2.20. The first-order valence-electron chi connectivity index (χ1n) is 15.1. The largest absolute Gasteiger partial charge is 0.456 e. The molecule has 1 aromatic heterocycles. The summed E-state index contributed by atoms with van der Waals surface area (Å²) in [6, 6.07) is 48.3. The van der Waals surface area contributed by atoms with Gasteiger partial charge in [-0.1, -0.05) is 127 Å². The molecule has 1 heterocycles. The summed E-state index contributed by atoms with van der Waals surface area (Å²) in [5.41, 5.74) is 9.73. The average molecular weight is 549 g/mol. The fourth-order valence-electron chi connectivity index (χ4n) is 7.23. The van der Waals surface area contributed by atoms with E-state index in [0.29, 0.717) is 0 Å². The van der Waals surface area contributed by atoms with Crippen molar-refractivity contribution in [2.75, 3.05) is 0 Å². The normalized spacial score (nSPS) is 13.7. The zero-order chi connectivity index (χ0) is 28.3. The summed E-state index contributed by atoms with van der Waals surface area (Å²) >= 11 is 0. The van der Waals surface area contributed by atoms with Crippen LogP contribution in [0.25, 0.3) is 76.5 Å². The van der Waals surface area contributed by atoms with Crippen molar-refractivity contribution >= 4 is 65.4 Å². The van der Waals surface area contributed by atoms with Crippen molar-refractivity contribution in [1.82, 2.24) is 0 Å². The van der Waals surface area contributed by atoms with Crippen molar-refractivity contribution in [2.45, 2.75) is 12.8 Å². The van der Waals surface area contributed by atoms with Gasteiger partial charge in [-0.05, 0) is 96.8 Å². The number of furan rings is 1. The Labute approximate surface area is 250 Å². The molecule has 202 valence electrons. The molecule has 0 amide bonds. The first-order valence-corrected chi connectivity index (χ1v) is 15.1. The van der Waals surface area contributed by atoms with Gasteiger partial charge in [0.25, 0.3) is 0 Å². The molecular weight excluding hydrogens is 520 g/mol. The minimum atomic E-state index is 0.926. The number of hydrogen-bond acceptors (Lipinski definition) is 1. The minimum Gasteiger partial charge on any atom is -0.456 e. The van der Waals surface area contributed by atoms with Gasteiger partial charge in [0.1, 0.15) is 11.2 Å². The highest BCUT2D eigenvalue weighted by atomic mass is 16.3. The SMILES string of the molecule is C1=C(c2cccc3ccccc23)C=C(c2c3ccccc3c(-c3ccc4oc5ccccc5c4c3)c3ccccc23)CC1. The quantitative estimate of drug-likeness (QED) is 0.200. The molecule has 0 bridgehead atoms. The second-order valence-electron chi connectivity index (χ2n) is 11.5. The summed E-state index contributed by atoms with van der Waals surface area (Å²) in [5, 5.41) is 10.1. The molecule has 0 unspecified atom stereocenters. The van der Waals surface area contributed by atoms with Crippen LogP contribution in [0, 0.1) is 0 Å². The van der Waals surface area contributed by atoms with Crippen LogP contribution in [0.4, 0.5) is 0 Å². The smallest absolute Gasteiger partial charge is 0.135 e. The summed E-state index contributed by atoms with van der Waals surface area (Å²) in [6.45, 7) is 0. The van der Waals surface area contributed by atoms with E-state index in [0.717, 1.165) is 34.8 Å². The van der Waals surface area contributed by atoms with Gasteiger partial charge in [0, 0.05) is 10.8 Å². The van der Waals surface area contributed by atoms with Crippen LogP contribution in [0.3, 0.4) is 0 Å². The highest BCUT2D eigenvalue weighted by Crippen LogP contribution is 2.45. The maximum atomic E-state index is 6.18. The molecule has 1 heteroatoms. The van der Waals surface area contributed by atoms with Gasteiger partial charge in [0.05, 0.1) is 0 Å². The number of hydrogen-bond donors (Lipinski definition) is 0. The van der Waals surface area contributed by atoms with E-state index in [1.807, 2.05) is 12.1 Å². The van der Waals surface area contributed by atoms with Crippen LogP contribution in [0.2, 0.25) is 0 Å². The zero-order valence-electron chi connectivity index (χ0n) is 23.7. The Morgan fingerprint density at radius 3 is 1.84 bits per heavy atom. The molecule has 0 fully saturated rings. The summed E-state index contributed by atoms with van der Waals surface area (Å²) in [4.78, 5) is 0. The van der Waals surface area contributed by atoms with E-state index in [9.17, 15) is 0 Å². The van der Waals surface area contributed by atoms with E-state index in [1.54, 1.807) is 0 Å². The van der Waals surface area contributed by atoms with Gasteiger partial charge in [-0.2, -0.15) is 0 Å². The van der Waals surface area contributed by atoms with Crippen LogP contribution in [-0.2, 0) is 0 Å². The van der Waals surface area contributed by atoms with E-state index in [1.165, 1.54) is 65.7 Å². The molecule has 0 atom stereocenters. The van der Waals surface area contributed by atoms with Crippen molar-refractivity contribution in [2.24, 2.45) is 0 Å². The van der Waals surface area contributed by atoms with Crippen molar-refractivity contribution in [3.63, 3.8) is 0 Å². The minimum absolute atomic E-state index is 0.926. The number of fused-ring (bicyclic) bond motifs is 6. The van der Waals surface area contributed by atoms with Gasteiger partial charge < -0.3 is 4.42 Å². The maximum Gasteiger partial charge on any atom is 0.135 e. The molecule has 1 aliphatic carbocycles. The highest BCUT2D eigenvalue weighted by molar-refractivity contribution is 6.20. The summed E-state index contributed by atoms with van der Waals surface area (Å²) < 4.78 is 6.18. The monoisotopic (exact) mass is 548 g/mol. The van der Waals surface area contributed by atoms with E-state index >= 15 is 0 Å². The van der Waals surface area contributed by atoms with E-state index in [4.69, 9.17) is 4.42 Å². The third-order valence-corrected chi connectivity index (χ3v) is 9.13. The van der Waals surface area contributed by atoms with Gasteiger partial charge in [-0.3, -0.25) is 0 Å². The Bertz CT molecular complexity index is 2390. The van der Waals surface area contributed by atoms with Crippen LogP contribution in [0.1, 0.15) is 24.0 Å². The predicted molar refractivity (Wildman–Crippen MR) is 183 cm³/mol. The van der Waals surface area contributed by atoms with E-state index < -0.39 is 0 Å². The number of benzene rings is 7. The molecular formula is C42H28O. The Balaban J connectivity index is 1.30. The van der Waals surface area contributed by atoms with Gasteiger partial charge in [0.15, 0.2) is 0 Å². The zero-order valence-corrected chi connectivity index (χ0v) is 23.7. The average Bonchev–Trinajstić information content (AvgIpc) is 3.45. The van der Waals surface area contributed by atoms with Crippen molar-refractivity contribution < 1.29 is 4.42 Å². The lowest BCUT2D eigenvalue weighted by Crippen LogP contribution is -1.97. The Hall–Kier alpha value is -5.40. The summed E-state index contributed by atoms with van der Waals surface area (Å²) in [6.07, 6.45) is 6.91. The summed E-state index contributed by atoms with van der Waals surface area (Å²) in [7, 11) is 0. The Morgan fingerprint density at radius 1 is 0.465 bits per heavy atom. The number of para-hydroxylation sites is 1. The predicted octanol–water partition coefficient (Wildman–Crippen LogP) is 12.0. The van der Waals surface area contributed by atoms with Crippen LogP contribution in [-0.4, -0.2) is 0 Å². The molecule has 0 radical (unpaired) electrons. The molecule has 0 saturated heterocycles. The van der Waals surface area contributed by atoms with Crippen LogP contribution in [0.5, 0.6) is 0 Å². The Morgan fingerprint density at radius 2 is 1.07 bits per heavy atom. The molecule has 43 heavy (non-hydrogen) atoms. The fourth-order valence-corrected chi connectivity index (χ4v) is 7.23. The first-order chi connectivity index (χ1) is 21.3. The molecule has 8 aromatic rings. The standard InChI is InChI=1S/C42H28O/c1-2-15-31-27(11-1)12-10-21-32(31)28-13-9-14-29(25-28)41-34-17-3-5-19-36(34)42(37-20-6-4-18-35(37)41)30-23-24-40-38(26-30)33-16-7-8-22-39(33)43-40/h1-8,10-13,15-26H,9,14H2. The lowest BCUT2D eigenvalue weighted by molar-refractivity contribution is 0.669. The van der Waals surface area contributed by atoms with Crippen LogP contribution in [0.15, 0.2) is 150 Å². The third kappa shape index (κ3) is 3.78. The summed E-state index contributed by atoms with van der Waals surface area (Å²) in [5.74, 6) is 0. The van der Waals surface area contributed by atoms with E-state index in [2.05, 4.69) is 133 Å². The van der Waals surface area contributed by atoms with Crippen molar-refractivity contribution in [3.05, 3.63) is 157 Å². The van der Waals surface area contributed by atoms with Crippen LogP contribution >= 0.6 is 0 Å². The lowest BCUT2D eigenvalue weighted by atomic mass is 9.82. The van der Waals surface area contributed by atoms with Crippen LogP contribution < -0.4 is 0 Å². The molecule has 0 N–H and O–H groups in total. The van der Waals surface area contributed by atoms with E-state index in [-0.39, 0.29) is 0 Å². The molecule has 0 saturated carbocycles. The molecule has 1 nitrogen and oxygen atoms in total.